The SMILES string of the molecule is NC(=O)[C@]12CC3CC(C1)[C@@H](NC(=O)c1cccc(N4CCC(c5ccccc5)CC4)n1)C(C3)C2. The van der Waals surface area contributed by atoms with Gasteiger partial charge in [0, 0.05) is 24.5 Å². The fourth-order valence-electron chi connectivity index (χ4n) is 7.68. The second-order valence-corrected chi connectivity index (χ2v) is 11.2. The highest BCUT2D eigenvalue weighted by molar-refractivity contribution is 5.93. The van der Waals surface area contributed by atoms with Gasteiger partial charge in [0.2, 0.25) is 5.91 Å². The number of amides is 2. The van der Waals surface area contributed by atoms with E-state index in [1.54, 1.807) is 0 Å². The summed E-state index contributed by atoms with van der Waals surface area (Å²) in [5, 5.41) is 3.32. The summed E-state index contributed by atoms with van der Waals surface area (Å²) in [5.41, 5.74) is 7.39. The third kappa shape index (κ3) is 3.77. The number of hydrogen-bond acceptors (Lipinski definition) is 4. The van der Waals surface area contributed by atoms with E-state index in [0.29, 0.717) is 29.4 Å². The summed E-state index contributed by atoms with van der Waals surface area (Å²) in [5.74, 6) is 2.53. The first-order chi connectivity index (χ1) is 16.5. The fraction of sp³-hybridized carbons (Fsp3) is 0.536. The Morgan fingerprint density at radius 1 is 0.941 bits per heavy atom. The number of aromatic nitrogens is 1. The third-order valence-corrected chi connectivity index (χ3v) is 9.15. The normalized spacial score (nSPS) is 32.5. The molecule has 2 amide bonds. The van der Waals surface area contributed by atoms with Crippen molar-refractivity contribution < 1.29 is 9.59 Å². The molecule has 0 radical (unpaired) electrons. The number of carbonyl (C=O) groups excluding carboxylic acids is 2. The zero-order valence-corrected chi connectivity index (χ0v) is 19.7. The first-order valence-corrected chi connectivity index (χ1v) is 12.9. The lowest BCUT2D eigenvalue weighted by atomic mass is 9.47. The minimum atomic E-state index is -0.332. The Bertz CT molecular complexity index is 1060. The van der Waals surface area contributed by atoms with Crippen LogP contribution in [0.15, 0.2) is 48.5 Å². The van der Waals surface area contributed by atoms with Gasteiger partial charge in [-0.1, -0.05) is 36.4 Å². The van der Waals surface area contributed by atoms with Crippen LogP contribution in [0, 0.1) is 23.2 Å². The van der Waals surface area contributed by atoms with Crippen LogP contribution >= 0.6 is 0 Å². The predicted octanol–water partition coefficient (Wildman–Crippen LogP) is 3.88. The number of pyridine rings is 1. The Hall–Kier alpha value is -2.89. The van der Waals surface area contributed by atoms with Crippen molar-refractivity contribution in [3.63, 3.8) is 0 Å². The molecule has 6 heteroatoms. The molecule has 4 saturated carbocycles. The Kier molecular flexibility index (Phi) is 5.34. The van der Waals surface area contributed by atoms with Gasteiger partial charge in [-0.3, -0.25) is 9.59 Å². The van der Waals surface area contributed by atoms with Gasteiger partial charge in [-0.05, 0) is 86.3 Å². The molecule has 3 N–H and O–H groups in total. The first kappa shape index (κ1) is 21.6. The van der Waals surface area contributed by atoms with E-state index in [9.17, 15) is 9.59 Å². The van der Waals surface area contributed by atoms with E-state index in [4.69, 9.17) is 10.7 Å². The lowest BCUT2D eigenvalue weighted by molar-refractivity contribution is -0.145. The zero-order chi connectivity index (χ0) is 23.3. The largest absolute Gasteiger partial charge is 0.369 e. The van der Waals surface area contributed by atoms with E-state index in [2.05, 4.69) is 40.5 Å². The van der Waals surface area contributed by atoms with Gasteiger partial charge in [-0.2, -0.15) is 0 Å². The number of rotatable bonds is 5. The van der Waals surface area contributed by atoms with Crippen LogP contribution in [0.2, 0.25) is 0 Å². The lowest BCUT2D eigenvalue weighted by Crippen LogP contribution is -2.62. The highest BCUT2D eigenvalue weighted by Crippen LogP contribution is 2.59. The number of primary amides is 1. The summed E-state index contributed by atoms with van der Waals surface area (Å²) in [6, 6.07) is 16.6. The lowest BCUT2D eigenvalue weighted by Gasteiger charge is -2.58. The Morgan fingerprint density at radius 3 is 2.32 bits per heavy atom. The molecule has 1 saturated heterocycles. The van der Waals surface area contributed by atoms with Crippen LogP contribution in [-0.4, -0.2) is 35.9 Å². The topological polar surface area (TPSA) is 88.3 Å². The maximum atomic E-state index is 13.2. The molecule has 5 aliphatic rings. The van der Waals surface area contributed by atoms with Gasteiger partial charge in [0.1, 0.15) is 11.5 Å². The molecule has 7 rings (SSSR count). The van der Waals surface area contributed by atoms with Crippen molar-refractivity contribution in [3.8, 4) is 0 Å². The highest BCUT2D eigenvalue weighted by Gasteiger charge is 2.58. The number of carbonyl (C=O) groups is 2. The standard InChI is InChI=1S/C28H34N4O2/c29-27(34)28-15-18-13-21(16-28)25(22(14-18)17-28)31-26(33)23-7-4-8-24(30-23)32-11-9-20(10-12-32)19-5-2-1-3-6-19/h1-8,18,20-22,25H,9-17H2,(H2,29,34)(H,31,33)/t18?,21?,22?,25-,28-. The summed E-state index contributed by atoms with van der Waals surface area (Å²) in [4.78, 5) is 32.5. The molecule has 2 heterocycles. The molecule has 4 bridgehead atoms. The Balaban J connectivity index is 1.11. The van der Waals surface area contributed by atoms with Crippen molar-refractivity contribution in [1.82, 2.24) is 10.3 Å². The zero-order valence-electron chi connectivity index (χ0n) is 19.7. The molecule has 1 aromatic heterocycles. The van der Waals surface area contributed by atoms with E-state index in [0.717, 1.165) is 63.9 Å². The van der Waals surface area contributed by atoms with Crippen LogP contribution in [0.3, 0.4) is 0 Å². The number of anilines is 1. The highest BCUT2D eigenvalue weighted by atomic mass is 16.2. The van der Waals surface area contributed by atoms with Gasteiger partial charge >= 0.3 is 0 Å². The molecule has 1 aromatic carbocycles. The van der Waals surface area contributed by atoms with Crippen molar-refractivity contribution in [1.29, 1.82) is 0 Å². The minimum absolute atomic E-state index is 0.0911. The summed E-state index contributed by atoms with van der Waals surface area (Å²) in [7, 11) is 0. The van der Waals surface area contributed by atoms with Gasteiger partial charge < -0.3 is 16.0 Å². The number of nitrogens with zero attached hydrogens (tertiary/aromatic N) is 2. The molecular formula is C28H34N4O2. The van der Waals surface area contributed by atoms with Crippen LogP contribution < -0.4 is 16.0 Å². The number of nitrogens with two attached hydrogens (primary N) is 1. The quantitative estimate of drug-likeness (QED) is 0.712. The van der Waals surface area contributed by atoms with Gasteiger partial charge in [-0.15, -0.1) is 0 Å². The summed E-state index contributed by atoms with van der Waals surface area (Å²) >= 11 is 0. The molecule has 1 aliphatic heterocycles. The second-order valence-electron chi connectivity index (χ2n) is 11.2. The number of piperidine rings is 1. The first-order valence-electron chi connectivity index (χ1n) is 12.9. The maximum Gasteiger partial charge on any atom is 0.270 e. The molecule has 2 aromatic rings. The van der Waals surface area contributed by atoms with Crippen LogP contribution in [0.5, 0.6) is 0 Å². The summed E-state index contributed by atoms with van der Waals surface area (Å²) < 4.78 is 0. The monoisotopic (exact) mass is 458 g/mol. The minimum Gasteiger partial charge on any atom is -0.369 e. The van der Waals surface area contributed by atoms with Gasteiger partial charge in [-0.25, -0.2) is 4.98 Å². The number of benzene rings is 1. The van der Waals surface area contributed by atoms with E-state index in [1.807, 2.05) is 18.2 Å². The van der Waals surface area contributed by atoms with Crippen molar-refractivity contribution in [3.05, 3.63) is 59.8 Å². The number of nitrogens with one attached hydrogen (secondary N) is 1. The molecule has 5 fully saturated rings. The van der Waals surface area contributed by atoms with E-state index in [1.165, 1.54) is 5.56 Å². The molecule has 2 unspecified atom stereocenters. The van der Waals surface area contributed by atoms with Crippen LogP contribution in [0.25, 0.3) is 0 Å². The van der Waals surface area contributed by atoms with Crippen LogP contribution in [-0.2, 0) is 4.79 Å². The average molecular weight is 459 g/mol. The molecule has 34 heavy (non-hydrogen) atoms. The van der Waals surface area contributed by atoms with Gasteiger partial charge in [0.15, 0.2) is 0 Å². The van der Waals surface area contributed by atoms with Gasteiger partial charge in [0.05, 0.1) is 0 Å². The summed E-state index contributed by atoms with van der Waals surface area (Å²) in [6.45, 7) is 1.89. The molecule has 178 valence electrons. The molecular weight excluding hydrogens is 424 g/mol. The third-order valence-electron chi connectivity index (χ3n) is 9.15. The number of hydrogen-bond donors (Lipinski definition) is 2. The smallest absolute Gasteiger partial charge is 0.270 e. The average Bonchev–Trinajstić information content (AvgIpc) is 2.86. The van der Waals surface area contributed by atoms with Crippen molar-refractivity contribution >= 4 is 17.6 Å². The molecule has 0 spiro atoms. The Morgan fingerprint density at radius 2 is 1.65 bits per heavy atom. The predicted molar refractivity (Wildman–Crippen MR) is 131 cm³/mol. The molecule has 4 aliphatic carbocycles. The van der Waals surface area contributed by atoms with Crippen LogP contribution in [0.4, 0.5) is 5.82 Å². The van der Waals surface area contributed by atoms with Gasteiger partial charge in [0.25, 0.3) is 5.91 Å². The molecule has 2 atom stereocenters. The van der Waals surface area contributed by atoms with Crippen molar-refractivity contribution in [2.75, 3.05) is 18.0 Å². The molecule has 6 nitrogen and oxygen atoms in total. The van der Waals surface area contributed by atoms with Crippen molar-refractivity contribution in [2.24, 2.45) is 28.9 Å². The second kappa shape index (κ2) is 8.40. The van der Waals surface area contributed by atoms with Crippen LogP contribution in [0.1, 0.15) is 66.9 Å². The Labute approximate surface area is 201 Å². The van der Waals surface area contributed by atoms with E-state index in [-0.39, 0.29) is 23.3 Å². The van der Waals surface area contributed by atoms with E-state index < -0.39 is 0 Å². The fourth-order valence-corrected chi connectivity index (χ4v) is 7.68. The summed E-state index contributed by atoms with van der Waals surface area (Å²) in [6.07, 6.45) is 6.97. The van der Waals surface area contributed by atoms with Crippen molar-refractivity contribution in [2.45, 2.75) is 56.9 Å². The van der Waals surface area contributed by atoms with E-state index >= 15 is 0 Å². The maximum absolute atomic E-state index is 13.2.